The number of nitrogens with one attached hydrogen (secondary N) is 1. The quantitative estimate of drug-likeness (QED) is 0.537. The molecule has 0 aliphatic rings. The van der Waals surface area contributed by atoms with Crippen LogP contribution in [0.5, 0.6) is 0 Å². The molecule has 3 rings (SSSR count). The molecule has 0 amide bonds. The lowest BCUT2D eigenvalue weighted by molar-refractivity contribution is 0.601. The highest BCUT2D eigenvalue weighted by molar-refractivity contribution is 7.92. The van der Waals surface area contributed by atoms with E-state index in [-0.39, 0.29) is 10.6 Å². The fourth-order valence-corrected chi connectivity index (χ4v) is 3.62. The van der Waals surface area contributed by atoms with Crippen molar-refractivity contribution in [2.24, 2.45) is 4.99 Å². The fourth-order valence-electron chi connectivity index (χ4n) is 2.21. The minimum atomic E-state index is -3.79. The number of rotatable bonds is 5. The van der Waals surface area contributed by atoms with E-state index in [9.17, 15) is 12.8 Å². The minimum absolute atomic E-state index is 0.0616. The Bertz CT molecular complexity index is 1080. The zero-order valence-corrected chi connectivity index (χ0v) is 16.1. The monoisotopic (exact) mass is 422 g/mol. The standard InChI is InChI=1S/C19H13Cl2FN2O2S/c20-18-3-1-2-13(19(18)21)12-23-15-8-10-17(11-9-15)27(25,26)24-16-6-4-14(22)5-7-16/h1-12,24H. The van der Waals surface area contributed by atoms with Crippen LogP contribution < -0.4 is 4.72 Å². The van der Waals surface area contributed by atoms with E-state index in [0.29, 0.717) is 21.3 Å². The van der Waals surface area contributed by atoms with Crippen molar-refractivity contribution in [1.29, 1.82) is 0 Å². The highest BCUT2D eigenvalue weighted by atomic mass is 35.5. The van der Waals surface area contributed by atoms with Crippen LogP contribution in [0.4, 0.5) is 15.8 Å². The molecule has 0 radical (unpaired) electrons. The van der Waals surface area contributed by atoms with Crippen molar-refractivity contribution in [3.05, 3.63) is 88.2 Å². The molecule has 0 saturated carbocycles. The molecule has 0 saturated heterocycles. The smallest absolute Gasteiger partial charge is 0.261 e. The first-order chi connectivity index (χ1) is 12.8. The van der Waals surface area contributed by atoms with Crippen molar-refractivity contribution >= 4 is 50.8 Å². The zero-order chi connectivity index (χ0) is 19.4. The summed E-state index contributed by atoms with van der Waals surface area (Å²) in [5.41, 5.74) is 1.47. The summed E-state index contributed by atoms with van der Waals surface area (Å²) in [5, 5.41) is 0.819. The van der Waals surface area contributed by atoms with Crippen molar-refractivity contribution in [3.8, 4) is 0 Å². The number of nitrogens with zero attached hydrogens (tertiary/aromatic N) is 1. The zero-order valence-electron chi connectivity index (χ0n) is 13.7. The van der Waals surface area contributed by atoms with Crippen LogP contribution in [0.15, 0.2) is 76.6 Å². The Kier molecular flexibility index (Phi) is 5.79. The predicted octanol–water partition coefficient (Wildman–Crippen LogP) is 5.68. The lowest BCUT2D eigenvalue weighted by Crippen LogP contribution is -2.12. The molecule has 1 N–H and O–H groups in total. The molecule has 138 valence electrons. The van der Waals surface area contributed by atoms with Crippen molar-refractivity contribution < 1.29 is 12.8 Å². The van der Waals surface area contributed by atoms with Gasteiger partial charge in [-0.3, -0.25) is 9.71 Å². The van der Waals surface area contributed by atoms with E-state index in [1.807, 2.05) is 0 Å². The van der Waals surface area contributed by atoms with Crippen LogP contribution in [0, 0.1) is 5.82 Å². The second kappa shape index (κ2) is 8.08. The van der Waals surface area contributed by atoms with Crippen LogP contribution >= 0.6 is 23.2 Å². The lowest BCUT2D eigenvalue weighted by Gasteiger charge is -2.08. The number of aliphatic imine (C=N–C) groups is 1. The third kappa shape index (κ3) is 4.86. The number of benzene rings is 3. The summed E-state index contributed by atoms with van der Waals surface area (Å²) in [4.78, 5) is 4.33. The molecule has 3 aromatic rings. The van der Waals surface area contributed by atoms with E-state index in [1.165, 1.54) is 36.4 Å². The van der Waals surface area contributed by atoms with Gasteiger partial charge >= 0.3 is 0 Å². The van der Waals surface area contributed by atoms with Crippen LogP contribution in [0.25, 0.3) is 0 Å². The normalized spacial score (nSPS) is 11.7. The van der Waals surface area contributed by atoms with E-state index in [4.69, 9.17) is 23.2 Å². The molecule has 0 aromatic heterocycles. The first-order valence-electron chi connectivity index (χ1n) is 7.72. The van der Waals surface area contributed by atoms with Gasteiger partial charge in [0, 0.05) is 17.5 Å². The van der Waals surface area contributed by atoms with Gasteiger partial charge in [0.25, 0.3) is 10.0 Å². The Morgan fingerprint density at radius 2 is 1.59 bits per heavy atom. The molecule has 0 fully saturated rings. The Balaban J connectivity index is 1.77. The number of hydrogen-bond acceptors (Lipinski definition) is 3. The summed E-state index contributed by atoms with van der Waals surface area (Å²) >= 11 is 12.1. The fraction of sp³-hybridized carbons (Fsp3) is 0. The molecule has 0 aliphatic heterocycles. The maximum absolute atomic E-state index is 12.9. The summed E-state index contributed by atoms with van der Waals surface area (Å²) in [6.07, 6.45) is 1.55. The second-order valence-electron chi connectivity index (χ2n) is 5.51. The summed E-state index contributed by atoms with van der Waals surface area (Å²) in [6.45, 7) is 0. The van der Waals surface area contributed by atoms with Gasteiger partial charge < -0.3 is 0 Å². The van der Waals surface area contributed by atoms with Gasteiger partial charge in [0.05, 0.1) is 20.6 Å². The number of sulfonamides is 1. The average Bonchev–Trinajstić information content (AvgIpc) is 2.65. The minimum Gasteiger partial charge on any atom is -0.280 e. The van der Waals surface area contributed by atoms with Gasteiger partial charge in [-0.25, -0.2) is 12.8 Å². The second-order valence-corrected chi connectivity index (χ2v) is 7.98. The summed E-state index contributed by atoms with van der Waals surface area (Å²) in [5.74, 6) is -0.444. The largest absolute Gasteiger partial charge is 0.280 e. The van der Waals surface area contributed by atoms with Gasteiger partial charge in [-0.1, -0.05) is 35.3 Å². The van der Waals surface area contributed by atoms with E-state index in [2.05, 4.69) is 9.71 Å². The van der Waals surface area contributed by atoms with Crippen LogP contribution in [0.2, 0.25) is 10.0 Å². The van der Waals surface area contributed by atoms with Crippen LogP contribution in [0.3, 0.4) is 0 Å². The Hall–Kier alpha value is -2.41. The Labute approximate surface area is 166 Å². The average molecular weight is 423 g/mol. The van der Waals surface area contributed by atoms with Gasteiger partial charge in [0.15, 0.2) is 0 Å². The predicted molar refractivity (Wildman–Crippen MR) is 107 cm³/mol. The molecular weight excluding hydrogens is 410 g/mol. The van der Waals surface area contributed by atoms with Crippen LogP contribution in [-0.2, 0) is 10.0 Å². The van der Waals surface area contributed by atoms with Gasteiger partial charge in [0.2, 0.25) is 0 Å². The molecule has 0 atom stereocenters. The number of halogens is 3. The van der Waals surface area contributed by atoms with Gasteiger partial charge in [-0.2, -0.15) is 0 Å². The summed E-state index contributed by atoms with van der Waals surface area (Å²) in [6, 6.07) is 16.2. The van der Waals surface area contributed by atoms with E-state index in [1.54, 1.807) is 36.5 Å². The van der Waals surface area contributed by atoms with Gasteiger partial charge in [0.1, 0.15) is 5.82 Å². The third-order valence-corrected chi connectivity index (χ3v) is 5.81. The van der Waals surface area contributed by atoms with E-state index >= 15 is 0 Å². The summed E-state index contributed by atoms with van der Waals surface area (Å²) < 4.78 is 40.1. The SMILES string of the molecule is O=S(=O)(Nc1ccc(F)cc1)c1ccc(N=Cc2cccc(Cl)c2Cl)cc1. The molecule has 0 spiro atoms. The van der Waals surface area contributed by atoms with E-state index in [0.717, 1.165) is 0 Å². The molecule has 4 nitrogen and oxygen atoms in total. The van der Waals surface area contributed by atoms with Crippen molar-refractivity contribution in [2.45, 2.75) is 4.90 Å². The lowest BCUT2D eigenvalue weighted by atomic mass is 10.2. The molecule has 8 heteroatoms. The third-order valence-electron chi connectivity index (χ3n) is 3.58. The molecular formula is C19H13Cl2FN2O2S. The van der Waals surface area contributed by atoms with Crippen molar-refractivity contribution in [3.63, 3.8) is 0 Å². The van der Waals surface area contributed by atoms with E-state index < -0.39 is 15.8 Å². The molecule has 0 unspecified atom stereocenters. The first-order valence-corrected chi connectivity index (χ1v) is 9.95. The molecule has 0 aliphatic carbocycles. The Morgan fingerprint density at radius 1 is 0.926 bits per heavy atom. The maximum atomic E-state index is 12.9. The molecule has 27 heavy (non-hydrogen) atoms. The Morgan fingerprint density at radius 3 is 2.26 bits per heavy atom. The van der Waals surface area contributed by atoms with Crippen LogP contribution in [0.1, 0.15) is 5.56 Å². The van der Waals surface area contributed by atoms with Gasteiger partial charge in [-0.05, 0) is 54.6 Å². The number of anilines is 1. The topological polar surface area (TPSA) is 58.5 Å². The molecule has 0 heterocycles. The highest BCUT2D eigenvalue weighted by Gasteiger charge is 2.14. The molecule has 0 bridgehead atoms. The van der Waals surface area contributed by atoms with Crippen molar-refractivity contribution in [2.75, 3.05) is 4.72 Å². The molecule has 3 aromatic carbocycles. The highest BCUT2D eigenvalue weighted by Crippen LogP contribution is 2.25. The number of hydrogen-bond donors (Lipinski definition) is 1. The van der Waals surface area contributed by atoms with Crippen LogP contribution in [-0.4, -0.2) is 14.6 Å². The first kappa shape index (κ1) is 19.4. The van der Waals surface area contributed by atoms with Gasteiger partial charge in [-0.15, -0.1) is 0 Å². The maximum Gasteiger partial charge on any atom is 0.261 e. The summed E-state index contributed by atoms with van der Waals surface area (Å²) in [7, 11) is -3.79. The van der Waals surface area contributed by atoms with Crippen molar-refractivity contribution in [1.82, 2.24) is 0 Å².